The summed E-state index contributed by atoms with van der Waals surface area (Å²) in [5.41, 5.74) is 5.99. The Morgan fingerprint density at radius 2 is 1.41 bits per heavy atom. The molecule has 3 aromatic carbocycles. The Morgan fingerprint density at radius 1 is 0.837 bits per heavy atom. The van der Waals surface area contributed by atoms with Crippen molar-refractivity contribution in [3.8, 4) is 0 Å². The van der Waals surface area contributed by atoms with E-state index in [1.54, 1.807) is 51.1 Å². The van der Waals surface area contributed by atoms with Crippen LogP contribution in [-0.4, -0.2) is 77.1 Å². The van der Waals surface area contributed by atoms with Crippen molar-refractivity contribution in [3.05, 3.63) is 94.0 Å². The molecule has 0 heterocycles. The van der Waals surface area contributed by atoms with Crippen molar-refractivity contribution in [1.29, 1.82) is 5.41 Å². The van der Waals surface area contributed by atoms with Crippen molar-refractivity contribution >= 4 is 40.5 Å². The molecule has 0 aliphatic carbocycles. The first-order valence-electron chi connectivity index (χ1n) is 15.8. The van der Waals surface area contributed by atoms with Crippen LogP contribution in [0.4, 0.5) is 4.79 Å². The lowest BCUT2D eigenvalue weighted by Crippen LogP contribution is -2.57. The molecular formula is C34H44N8O7. The third-order valence-corrected chi connectivity index (χ3v) is 7.39. The van der Waals surface area contributed by atoms with Gasteiger partial charge in [0.2, 0.25) is 17.7 Å². The van der Waals surface area contributed by atoms with Gasteiger partial charge >= 0.3 is 6.09 Å². The Kier molecular flexibility index (Phi) is 13.4. The Balaban J connectivity index is 1.87. The zero-order valence-corrected chi connectivity index (χ0v) is 28.0. The zero-order chi connectivity index (χ0) is 36.1. The highest BCUT2D eigenvalue weighted by Gasteiger charge is 2.31. The van der Waals surface area contributed by atoms with Crippen LogP contribution in [0.1, 0.15) is 44.7 Å². The lowest BCUT2D eigenvalue weighted by atomic mass is 10.0. The highest BCUT2D eigenvalue weighted by Crippen LogP contribution is 2.17. The molecule has 0 saturated carbocycles. The number of nitrogens with two attached hydrogens (primary N) is 1. The number of nitrogens with one attached hydrogen (secondary N) is 5. The number of carbonyl (C=O) groups excluding carboxylic acids is 4. The molecule has 0 saturated heterocycles. The maximum absolute atomic E-state index is 13.8. The molecule has 0 aromatic heterocycles. The molecular weight excluding hydrogens is 632 g/mol. The average molecular weight is 677 g/mol. The molecule has 0 unspecified atom stereocenters. The molecule has 0 aliphatic rings. The van der Waals surface area contributed by atoms with Gasteiger partial charge in [-0.15, -0.1) is 0 Å². The second-order valence-electron chi connectivity index (χ2n) is 12.4. The van der Waals surface area contributed by atoms with Crippen LogP contribution < -0.4 is 27.0 Å². The van der Waals surface area contributed by atoms with Crippen molar-refractivity contribution in [3.63, 3.8) is 0 Å². The van der Waals surface area contributed by atoms with Crippen LogP contribution in [0.3, 0.4) is 0 Å². The van der Waals surface area contributed by atoms with Gasteiger partial charge in [0.25, 0.3) is 5.96 Å². The molecule has 3 rings (SSSR count). The first kappa shape index (κ1) is 37.7. The van der Waals surface area contributed by atoms with E-state index in [9.17, 15) is 29.3 Å². The van der Waals surface area contributed by atoms with Gasteiger partial charge < -0.3 is 31.7 Å². The number of rotatable bonds is 15. The van der Waals surface area contributed by atoms with Crippen molar-refractivity contribution in [2.24, 2.45) is 5.73 Å². The number of hydrogen-bond donors (Lipinski definition) is 6. The van der Waals surface area contributed by atoms with E-state index >= 15 is 0 Å². The third-order valence-electron chi connectivity index (χ3n) is 7.39. The first-order chi connectivity index (χ1) is 23.2. The van der Waals surface area contributed by atoms with E-state index in [1.165, 1.54) is 7.05 Å². The number of amides is 4. The molecule has 49 heavy (non-hydrogen) atoms. The summed E-state index contributed by atoms with van der Waals surface area (Å²) in [6.07, 6.45) is -0.828. The predicted molar refractivity (Wildman–Crippen MR) is 184 cm³/mol. The van der Waals surface area contributed by atoms with E-state index in [1.807, 2.05) is 42.5 Å². The maximum Gasteiger partial charge on any atom is 0.408 e. The van der Waals surface area contributed by atoms with Crippen LogP contribution in [0.15, 0.2) is 72.8 Å². The minimum absolute atomic E-state index is 0.0446. The third kappa shape index (κ3) is 12.1. The van der Waals surface area contributed by atoms with Gasteiger partial charge in [0.15, 0.2) is 5.03 Å². The fourth-order valence-electron chi connectivity index (χ4n) is 5.04. The normalized spacial score (nSPS) is 12.9. The number of nitrogens with zero attached hydrogens (tertiary/aromatic N) is 2. The van der Waals surface area contributed by atoms with Crippen molar-refractivity contribution in [2.75, 3.05) is 13.6 Å². The van der Waals surface area contributed by atoms with Gasteiger partial charge in [-0.1, -0.05) is 77.8 Å². The van der Waals surface area contributed by atoms with Crippen molar-refractivity contribution in [2.45, 2.75) is 70.2 Å². The summed E-state index contributed by atoms with van der Waals surface area (Å²) in [5, 5.41) is 30.9. The molecule has 15 nitrogen and oxygen atoms in total. The Morgan fingerprint density at radius 3 is 2.02 bits per heavy atom. The van der Waals surface area contributed by atoms with Crippen LogP contribution in [0.2, 0.25) is 0 Å². The number of guanidine groups is 1. The highest BCUT2D eigenvalue weighted by atomic mass is 16.7. The lowest BCUT2D eigenvalue weighted by Gasteiger charge is -2.26. The maximum atomic E-state index is 13.8. The minimum Gasteiger partial charge on any atom is -0.444 e. The first-order valence-corrected chi connectivity index (χ1v) is 15.8. The molecule has 262 valence electrons. The van der Waals surface area contributed by atoms with Gasteiger partial charge in [-0.2, -0.15) is 0 Å². The SMILES string of the molecule is CNC(=O)[C@H](Cc1ccc2ccccc2c1)NC(=O)[C@H](CCCN(C(=N)N)[N+](=O)[O-])NC(=O)[C@@H](Cc1ccccc1)NC(=O)OC(C)(C)C. The second-order valence-corrected chi connectivity index (χ2v) is 12.4. The van der Waals surface area contributed by atoms with Crippen LogP contribution in [0.25, 0.3) is 10.8 Å². The Bertz CT molecular complexity index is 1630. The summed E-state index contributed by atoms with van der Waals surface area (Å²) in [4.78, 5) is 64.6. The number of nitro groups is 1. The average Bonchev–Trinajstić information content (AvgIpc) is 3.04. The van der Waals surface area contributed by atoms with Gasteiger partial charge in [-0.3, -0.25) is 19.8 Å². The van der Waals surface area contributed by atoms with Gasteiger partial charge in [0, 0.05) is 19.9 Å². The summed E-state index contributed by atoms with van der Waals surface area (Å²) >= 11 is 0. The number of fused-ring (bicyclic) bond motifs is 1. The summed E-state index contributed by atoms with van der Waals surface area (Å²) in [6.45, 7) is 4.70. The van der Waals surface area contributed by atoms with E-state index in [0.717, 1.165) is 21.9 Å². The van der Waals surface area contributed by atoms with Crippen LogP contribution in [-0.2, 0) is 32.0 Å². The number of carbonyl (C=O) groups is 4. The summed E-state index contributed by atoms with van der Waals surface area (Å²) < 4.78 is 5.36. The molecule has 0 radical (unpaired) electrons. The van der Waals surface area contributed by atoms with Crippen LogP contribution in [0, 0.1) is 15.5 Å². The molecule has 15 heteroatoms. The number of hydrogen-bond acceptors (Lipinski definition) is 8. The number of benzene rings is 3. The molecule has 3 atom stereocenters. The molecule has 7 N–H and O–H groups in total. The lowest BCUT2D eigenvalue weighted by molar-refractivity contribution is -0.629. The number of likely N-dealkylation sites (N-methyl/N-ethyl adjacent to an activating group) is 1. The number of hydrazine groups is 1. The van der Waals surface area contributed by atoms with Crippen molar-refractivity contribution < 1.29 is 28.9 Å². The topological polar surface area (TPSA) is 222 Å². The Labute approximate surface area is 284 Å². The fourth-order valence-corrected chi connectivity index (χ4v) is 5.04. The number of alkyl carbamates (subject to hydrolysis) is 1. The van der Waals surface area contributed by atoms with Crippen molar-refractivity contribution in [1.82, 2.24) is 26.3 Å². The van der Waals surface area contributed by atoms with E-state index in [-0.39, 0.29) is 32.2 Å². The number of ether oxygens (including phenoxy) is 1. The van der Waals surface area contributed by atoms with Gasteiger partial charge in [0.1, 0.15) is 23.7 Å². The van der Waals surface area contributed by atoms with Gasteiger partial charge in [-0.25, -0.2) is 14.9 Å². The highest BCUT2D eigenvalue weighted by molar-refractivity contribution is 5.94. The quantitative estimate of drug-likeness (QED) is 0.0601. The molecule has 0 bridgehead atoms. The van der Waals surface area contributed by atoms with Crippen LogP contribution in [0.5, 0.6) is 0 Å². The predicted octanol–water partition coefficient (Wildman–Crippen LogP) is 2.40. The zero-order valence-electron chi connectivity index (χ0n) is 28.0. The van der Waals surface area contributed by atoms with Gasteiger partial charge in [0.05, 0.1) is 6.54 Å². The van der Waals surface area contributed by atoms with E-state index < -0.39 is 58.5 Å². The van der Waals surface area contributed by atoms with E-state index in [2.05, 4.69) is 21.3 Å². The smallest absolute Gasteiger partial charge is 0.408 e. The van der Waals surface area contributed by atoms with E-state index in [0.29, 0.717) is 5.01 Å². The summed E-state index contributed by atoms with van der Waals surface area (Å²) in [6, 6.07) is 18.8. The monoisotopic (exact) mass is 676 g/mol. The summed E-state index contributed by atoms with van der Waals surface area (Å²) in [7, 11) is 1.44. The molecule has 0 aliphatic heterocycles. The van der Waals surface area contributed by atoms with Crippen LogP contribution >= 0.6 is 0 Å². The summed E-state index contributed by atoms with van der Waals surface area (Å²) in [5.74, 6) is -2.72. The molecule has 3 aromatic rings. The molecule has 4 amide bonds. The minimum atomic E-state index is -1.30. The van der Waals surface area contributed by atoms with Gasteiger partial charge in [-0.05, 0) is 55.5 Å². The molecule has 0 fully saturated rings. The largest absolute Gasteiger partial charge is 0.444 e. The van der Waals surface area contributed by atoms with E-state index in [4.69, 9.17) is 15.9 Å². The fraction of sp³-hybridized carbons (Fsp3) is 0.382. The molecule has 0 spiro atoms. The second kappa shape index (κ2) is 17.4. The Hall–Kier alpha value is -5.73. The standard InChI is InChI=1S/C34H44N8O7/c1-34(2,3)49-33(46)40-28(20-22-11-6-5-7-12-22)31(45)38-26(15-10-18-41(32(35)36)42(47)48)30(44)39-27(29(43)37-4)21-23-16-17-24-13-8-9-14-25(24)19-23/h5-9,11-14,16-17,19,26-28H,10,15,18,20-21H2,1-4H3,(H3,35,36)(H,37,43)(H,38,45)(H,39,44)(H,40,46)/t26-,27-,28+/m0/s1.